The van der Waals surface area contributed by atoms with Gasteiger partial charge in [0.2, 0.25) is 0 Å². The minimum absolute atomic E-state index is 0.328. The fraction of sp³-hybridized carbons (Fsp3) is 0.450. The van der Waals surface area contributed by atoms with Crippen molar-refractivity contribution >= 4 is 28.3 Å². The molecule has 1 N–H and O–H groups in total. The van der Waals surface area contributed by atoms with Gasteiger partial charge in [0.25, 0.3) is 5.91 Å². The van der Waals surface area contributed by atoms with Crippen molar-refractivity contribution in [2.75, 3.05) is 18.4 Å². The molecule has 2 aromatic rings. The third-order valence-electron chi connectivity index (χ3n) is 5.09. The fourth-order valence-electron chi connectivity index (χ4n) is 3.76. The van der Waals surface area contributed by atoms with E-state index in [1.807, 2.05) is 17.5 Å². The molecule has 7 heteroatoms. The Hall–Kier alpha value is -2.25. The molecule has 2 aliphatic rings. The Morgan fingerprint density at radius 1 is 1.41 bits per heavy atom. The molecule has 2 atom stereocenters. The first-order valence-corrected chi connectivity index (χ1v) is 10.2. The largest absolute Gasteiger partial charge is 0.448 e. The van der Waals surface area contributed by atoms with Gasteiger partial charge in [0.1, 0.15) is 0 Å². The monoisotopic (exact) mass is 385 g/mol. The number of carbonyl (C=O) groups excluding carboxylic acids is 2. The van der Waals surface area contributed by atoms with E-state index in [-0.39, 0.29) is 5.91 Å². The van der Waals surface area contributed by atoms with Gasteiger partial charge in [-0.05, 0) is 36.9 Å². The van der Waals surface area contributed by atoms with Crippen LogP contribution in [0.4, 0.5) is 5.13 Å². The molecule has 4 rings (SSSR count). The molecule has 1 aromatic heterocycles. The highest BCUT2D eigenvalue weighted by molar-refractivity contribution is 7.13. The third kappa shape index (κ3) is 4.20. The van der Waals surface area contributed by atoms with E-state index >= 15 is 0 Å². The van der Waals surface area contributed by atoms with Gasteiger partial charge in [-0.1, -0.05) is 25.1 Å². The highest BCUT2D eigenvalue weighted by Crippen LogP contribution is 2.24. The highest BCUT2D eigenvalue weighted by Gasteiger charge is 2.31. The number of benzene rings is 1. The van der Waals surface area contributed by atoms with Crippen molar-refractivity contribution in [2.45, 2.75) is 38.8 Å². The normalized spacial score (nSPS) is 22.8. The minimum atomic E-state index is -0.817. The lowest BCUT2D eigenvalue weighted by Gasteiger charge is -2.30. The number of thiazole rings is 1. The number of nitrogens with one attached hydrogen (secondary N) is 1. The molecule has 0 bridgehead atoms. The van der Waals surface area contributed by atoms with E-state index in [0.717, 1.165) is 36.8 Å². The molecule has 1 fully saturated rings. The van der Waals surface area contributed by atoms with Crippen molar-refractivity contribution in [3.63, 3.8) is 0 Å². The first-order chi connectivity index (χ1) is 13.1. The topological polar surface area (TPSA) is 71.5 Å². The zero-order valence-corrected chi connectivity index (χ0v) is 16.1. The summed E-state index contributed by atoms with van der Waals surface area (Å²) >= 11 is 1.41. The standard InChI is InChI=1S/C20H23N3O3S/c1-13-5-4-8-23(10-13)11-15-12-27-20(21-15)22-18(24)17-9-14-6-2-3-7-16(14)19(25)26-17/h2-3,6-7,12-13,17H,4-5,8-11H2,1H3,(H,21,22,24). The van der Waals surface area contributed by atoms with Crippen molar-refractivity contribution in [3.05, 3.63) is 46.5 Å². The Morgan fingerprint density at radius 3 is 3.11 bits per heavy atom. The Labute approximate surface area is 162 Å². The average molecular weight is 385 g/mol. The Bertz CT molecular complexity index is 851. The molecule has 0 saturated carbocycles. The predicted octanol–water partition coefficient (Wildman–Crippen LogP) is 3.10. The van der Waals surface area contributed by atoms with E-state index in [9.17, 15) is 9.59 Å². The van der Waals surface area contributed by atoms with E-state index < -0.39 is 12.1 Å². The number of amides is 1. The van der Waals surface area contributed by atoms with E-state index in [0.29, 0.717) is 17.1 Å². The van der Waals surface area contributed by atoms with Gasteiger partial charge in [0.05, 0.1) is 11.3 Å². The average Bonchev–Trinajstić information content (AvgIpc) is 3.08. The lowest BCUT2D eigenvalue weighted by Crippen LogP contribution is -2.38. The number of esters is 1. The lowest BCUT2D eigenvalue weighted by molar-refractivity contribution is -0.125. The van der Waals surface area contributed by atoms with E-state index in [1.165, 1.54) is 24.2 Å². The number of aromatic nitrogens is 1. The van der Waals surface area contributed by atoms with Gasteiger partial charge >= 0.3 is 5.97 Å². The molecule has 1 saturated heterocycles. The summed E-state index contributed by atoms with van der Waals surface area (Å²) in [6.07, 6.45) is 2.09. The summed E-state index contributed by atoms with van der Waals surface area (Å²) in [5.41, 5.74) is 2.34. The van der Waals surface area contributed by atoms with Crippen LogP contribution in [0.15, 0.2) is 29.6 Å². The molecular weight excluding hydrogens is 362 g/mol. The number of rotatable bonds is 4. The van der Waals surface area contributed by atoms with E-state index in [2.05, 4.69) is 22.1 Å². The number of hydrogen-bond donors (Lipinski definition) is 1. The highest BCUT2D eigenvalue weighted by atomic mass is 32.1. The first-order valence-electron chi connectivity index (χ1n) is 9.35. The Kier molecular flexibility index (Phi) is 5.22. The molecule has 0 radical (unpaired) electrons. The summed E-state index contributed by atoms with van der Waals surface area (Å²) in [7, 11) is 0. The van der Waals surface area contributed by atoms with Crippen LogP contribution in [0.1, 0.15) is 41.4 Å². The molecule has 2 unspecified atom stereocenters. The second-order valence-corrected chi connectivity index (χ2v) is 8.23. The van der Waals surface area contributed by atoms with Gasteiger partial charge in [-0.3, -0.25) is 15.0 Å². The first kappa shape index (κ1) is 18.1. The fourth-order valence-corrected chi connectivity index (χ4v) is 4.46. The van der Waals surface area contributed by atoms with Gasteiger partial charge in [-0.25, -0.2) is 9.78 Å². The SMILES string of the molecule is CC1CCCN(Cc2csc(NC(=O)C3Cc4ccccc4C(=O)O3)n2)C1. The molecule has 0 spiro atoms. The summed E-state index contributed by atoms with van der Waals surface area (Å²) in [5, 5.41) is 5.34. The van der Waals surface area contributed by atoms with Crippen LogP contribution in [-0.4, -0.2) is 41.0 Å². The van der Waals surface area contributed by atoms with Crippen LogP contribution in [0, 0.1) is 5.92 Å². The minimum Gasteiger partial charge on any atom is -0.448 e. The molecule has 1 amide bonds. The summed E-state index contributed by atoms with van der Waals surface area (Å²) in [5.74, 6) is -0.0539. The summed E-state index contributed by atoms with van der Waals surface area (Å²) in [6, 6.07) is 7.24. The molecule has 1 aromatic carbocycles. The maximum atomic E-state index is 12.5. The van der Waals surface area contributed by atoms with Crippen LogP contribution in [0.5, 0.6) is 0 Å². The van der Waals surface area contributed by atoms with E-state index in [4.69, 9.17) is 4.74 Å². The Balaban J connectivity index is 1.36. The number of hydrogen-bond acceptors (Lipinski definition) is 6. The number of nitrogens with zero attached hydrogens (tertiary/aromatic N) is 2. The second kappa shape index (κ2) is 7.78. The van der Waals surface area contributed by atoms with Crippen molar-refractivity contribution < 1.29 is 14.3 Å². The molecule has 27 heavy (non-hydrogen) atoms. The molecular formula is C20H23N3O3S. The van der Waals surface area contributed by atoms with Crippen LogP contribution in [0.3, 0.4) is 0 Å². The zero-order valence-electron chi connectivity index (χ0n) is 15.3. The number of cyclic esters (lactones) is 1. The summed E-state index contributed by atoms with van der Waals surface area (Å²) in [4.78, 5) is 31.6. The lowest BCUT2D eigenvalue weighted by atomic mass is 9.98. The van der Waals surface area contributed by atoms with Crippen LogP contribution in [0.2, 0.25) is 0 Å². The van der Waals surface area contributed by atoms with Crippen molar-refractivity contribution in [1.29, 1.82) is 0 Å². The van der Waals surface area contributed by atoms with Gasteiger partial charge in [0.15, 0.2) is 11.2 Å². The van der Waals surface area contributed by atoms with Crippen molar-refractivity contribution in [3.8, 4) is 0 Å². The second-order valence-electron chi connectivity index (χ2n) is 7.37. The number of ether oxygens (including phenoxy) is 1. The van der Waals surface area contributed by atoms with Gasteiger partial charge < -0.3 is 4.74 Å². The molecule has 6 nitrogen and oxygen atoms in total. The quantitative estimate of drug-likeness (QED) is 0.819. The van der Waals surface area contributed by atoms with Crippen LogP contribution < -0.4 is 5.32 Å². The predicted molar refractivity (Wildman–Crippen MR) is 104 cm³/mol. The molecule has 142 valence electrons. The molecule has 3 heterocycles. The number of carbonyl (C=O) groups is 2. The van der Waals surface area contributed by atoms with Crippen molar-refractivity contribution in [1.82, 2.24) is 9.88 Å². The number of fused-ring (bicyclic) bond motifs is 1. The van der Waals surface area contributed by atoms with Gasteiger partial charge in [-0.2, -0.15) is 0 Å². The molecule has 0 aliphatic carbocycles. The van der Waals surface area contributed by atoms with E-state index in [1.54, 1.807) is 12.1 Å². The van der Waals surface area contributed by atoms with Gasteiger partial charge in [-0.15, -0.1) is 11.3 Å². The maximum absolute atomic E-state index is 12.5. The maximum Gasteiger partial charge on any atom is 0.339 e. The molecule has 2 aliphatic heterocycles. The number of likely N-dealkylation sites (tertiary alicyclic amines) is 1. The van der Waals surface area contributed by atoms with Crippen LogP contribution >= 0.6 is 11.3 Å². The Morgan fingerprint density at radius 2 is 2.26 bits per heavy atom. The zero-order chi connectivity index (χ0) is 18.8. The van der Waals surface area contributed by atoms with Gasteiger partial charge in [0, 0.05) is 24.9 Å². The van der Waals surface area contributed by atoms with Crippen LogP contribution in [-0.2, 0) is 22.5 Å². The van der Waals surface area contributed by atoms with Crippen LogP contribution in [0.25, 0.3) is 0 Å². The number of piperidine rings is 1. The number of anilines is 1. The summed E-state index contributed by atoms with van der Waals surface area (Å²) in [6.45, 7) is 5.28. The smallest absolute Gasteiger partial charge is 0.339 e. The van der Waals surface area contributed by atoms with Crippen molar-refractivity contribution in [2.24, 2.45) is 5.92 Å². The summed E-state index contributed by atoms with van der Waals surface area (Å²) < 4.78 is 5.30. The third-order valence-corrected chi connectivity index (χ3v) is 5.90.